The van der Waals surface area contributed by atoms with Crippen molar-refractivity contribution in [2.24, 2.45) is 0 Å². The lowest BCUT2D eigenvalue weighted by molar-refractivity contribution is 0.0300. The molecule has 1 heterocycles. The Labute approximate surface area is 194 Å². The molecule has 2 aromatic rings. The zero-order valence-corrected chi connectivity index (χ0v) is 19.8. The number of carbonyl (C=O) groups excluding carboxylic acids is 2. The van der Waals surface area contributed by atoms with Gasteiger partial charge in [-0.25, -0.2) is 0 Å². The summed E-state index contributed by atoms with van der Waals surface area (Å²) in [7, 11) is 0. The summed E-state index contributed by atoms with van der Waals surface area (Å²) >= 11 is 1.46. The van der Waals surface area contributed by atoms with Gasteiger partial charge in [0.1, 0.15) is 0 Å². The van der Waals surface area contributed by atoms with Gasteiger partial charge in [-0.05, 0) is 51.0 Å². The van der Waals surface area contributed by atoms with E-state index < -0.39 is 6.10 Å². The van der Waals surface area contributed by atoms with E-state index in [1.807, 2.05) is 68.1 Å². The quantitative estimate of drug-likeness (QED) is 0.625. The summed E-state index contributed by atoms with van der Waals surface area (Å²) in [4.78, 5) is 28.3. The summed E-state index contributed by atoms with van der Waals surface area (Å²) in [5, 5.41) is 13.7. The van der Waals surface area contributed by atoms with Crippen molar-refractivity contribution in [1.29, 1.82) is 0 Å². The van der Waals surface area contributed by atoms with Gasteiger partial charge in [-0.1, -0.05) is 30.3 Å². The summed E-state index contributed by atoms with van der Waals surface area (Å²) < 4.78 is 5.34. The number of benzene rings is 2. The molecule has 1 aliphatic heterocycles. The third-order valence-electron chi connectivity index (χ3n) is 5.05. The SMILES string of the molecule is CC(C)(C)NC(=O)c1ccccc1CC(O)CSc1ccccc1C(=O)N1CCOCC1. The number of carbonyl (C=O) groups is 2. The third kappa shape index (κ3) is 6.82. The monoisotopic (exact) mass is 456 g/mol. The van der Waals surface area contributed by atoms with Crippen molar-refractivity contribution in [2.75, 3.05) is 32.1 Å². The van der Waals surface area contributed by atoms with Crippen LogP contribution in [-0.2, 0) is 11.2 Å². The number of thioether (sulfide) groups is 1. The number of aliphatic hydroxyl groups is 1. The van der Waals surface area contributed by atoms with Gasteiger partial charge < -0.3 is 20.1 Å². The van der Waals surface area contributed by atoms with E-state index in [1.165, 1.54) is 11.8 Å². The molecule has 0 saturated carbocycles. The van der Waals surface area contributed by atoms with Crippen molar-refractivity contribution < 1.29 is 19.4 Å². The summed E-state index contributed by atoms with van der Waals surface area (Å²) in [6.45, 7) is 8.11. The Kier molecular flexibility index (Phi) is 8.34. The van der Waals surface area contributed by atoms with Crippen LogP contribution >= 0.6 is 11.8 Å². The number of amides is 2. The van der Waals surface area contributed by atoms with Gasteiger partial charge in [0.2, 0.25) is 0 Å². The maximum Gasteiger partial charge on any atom is 0.255 e. The van der Waals surface area contributed by atoms with E-state index in [2.05, 4.69) is 5.32 Å². The topological polar surface area (TPSA) is 78.9 Å². The van der Waals surface area contributed by atoms with Gasteiger partial charge in [-0.3, -0.25) is 9.59 Å². The standard InChI is InChI=1S/C25H32N2O4S/c1-25(2,3)26-23(29)20-9-5-4-8-18(20)16-19(28)17-32-22-11-7-6-10-21(22)24(30)27-12-14-31-15-13-27/h4-11,19,28H,12-17H2,1-3H3,(H,26,29). The lowest BCUT2D eigenvalue weighted by atomic mass is 10.00. The van der Waals surface area contributed by atoms with Gasteiger partial charge in [0.15, 0.2) is 0 Å². The third-order valence-corrected chi connectivity index (χ3v) is 6.27. The Bertz CT molecular complexity index is 936. The molecule has 0 bridgehead atoms. The molecule has 2 amide bonds. The van der Waals surface area contributed by atoms with Gasteiger partial charge in [0.05, 0.1) is 24.9 Å². The van der Waals surface area contributed by atoms with E-state index in [0.717, 1.165) is 10.5 Å². The fourth-order valence-electron chi connectivity index (χ4n) is 3.53. The number of nitrogens with zero attached hydrogens (tertiary/aromatic N) is 1. The first kappa shape index (κ1) is 24.3. The molecule has 172 valence electrons. The van der Waals surface area contributed by atoms with Crippen LogP contribution in [0.4, 0.5) is 0 Å². The molecule has 2 aromatic carbocycles. The summed E-state index contributed by atoms with van der Waals surface area (Å²) in [5.41, 5.74) is 1.70. The van der Waals surface area contributed by atoms with Crippen molar-refractivity contribution in [3.05, 3.63) is 65.2 Å². The first-order valence-corrected chi connectivity index (χ1v) is 11.9. The Balaban J connectivity index is 1.65. The highest BCUT2D eigenvalue weighted by Crippen LogP contribution is 2.26. The second-order valence-electron chi connectivity index (χ2n) is 8.93. The lowest BCUT2D eigenvalue weighted by Crippen LogP contribution is -2.41. The zero-order valence-electron chi connectivity index (χ0n) is 19.0. The molecular weight excluding hydrogens is 424 g/mol. The number of morpholine rings is 1. The predicted octanol–water partition coefficient (Wildman–Crippen LogP) is 3.38. The van der Waals surface area contributed by atoms with Gasteiger partial charge >= 0.3 is 0 Å². The molecule has 0 radical (unpaired) electrons. The second kappa shape index (κ2) is 11.0. The van der Waals surface area contributed by atoms with Crippen molar-refractivity contribution in [3.63, 3.8) is 0 Å². The van der Waals surface area contributed by atoms with Crippen LogP contribution < -0.4 is 5.32 Å². The van der Waals surface area contributed by atoms with Crippen LogP contribution in [0.5, 0.6) is 0 Å². The van der Waals surface area contributed by atoms with E-state index >= 15 is 0 Å². The molecular formula is C25H32N2O4S. The Hall–Kier alpha value is -2.35. The molecule has 1 fully saturated rings. The first-order valence-electron chi connectivity index (χ1n) is 10.9. The summed E-state index contributed by atoms with van der Waals surface area (Å²) in [6, 6.07) is 14.9. The first-order chi connectivity index (χ1) is 15.2. The van der Waals surface area contributed by atoms with E-state index in [1.54, 1.807) is 6.07 Å². The van der Waals surface area contributed by atoms with Crippen LogP contribution in [0.3, 0.4) is 0 Å². The highest BCUT2D eigenvalue weighted by molar-refractivity contribution is 7.99. The van der Waals surface area contributed by atoms with Crippen molar-refractivity contribution in [3.8, 4) is 0 Å². The molecule has 6 nitrogen and oxygen atoms in total. The van der Waals surface area contributed by atoms with E-state index in [9.17, 15) is 14.7 Å². The predicted molar refractivity (Wildman–Crippen MR) is 127 cm³/mol. The minimum atomic E-state index is -0.657. The molecule has 1 unspecified atom stereocenters. The largest absolute Gasteiger partial charge is 0.392 e. The maximum absolute atomic E-state index is 12.9. The zero-order chi connectivity index (χ0) is 23.1. The highest BCUT2D eigenvalue weighted by atomic mass is 32.2. The Morgan fingerprint density at radius 1 is 1.06 bits per heavy atom. The number of hydrogen-bond acceptors (Lipinski definition) is 5. The number of hydrogen-bond donors (Lipinski definition) is 2. The normalized spacial score (nSPS) is 15.3. The average Bonchev–Trinajstić information content (AvgIpc) is 2.77. The molecule has 3 rings (SSSR count). The highest BCUT2D eigenvalue weighted by Gasteiger charge is 2.22. The molecule has 7 heteroatoms. The summed E-state index contributed by atoms with van der Waals surface area (Å²) in [6.07, 6.45) is -0.296. The van der Waals surface area contributed by atoms with E-state index in [4.69, 9.17) is 4.74 Å². The minimum Gasteiger partial charge on any atom is -0.392 e. The van der Waals surface area contributed by atoms with Gasteiger partial charge in [-0.15, -0.1) is 11.8 Å². The second-order valence-corrected chi connectivity index (χ2v) is 9.99. The van der Waals surface area contributed by atoms with Crippen LogP contribution in [0, 0.1) is 0 Å². The summed E-state index contributed by atoms with van der Waals surface area (Å²) in [5.74, 6) is 0.271. The van der Waals surface area contributed by atoms with E-state index in [-0.39, 0.29) is 17.4 Å². The molecule has 0 spiro atoms. The van der Waals surface area contributed by atoms with Crippen molar-refractivity contribution in [2.45, 2.75) is 43.7 Å². The minimum absolute atomic E-state index is 0.00455. The number of ether oxygens (including phenoxy) is 1. The van der Waals surface area contributed by atoms with Crippen LogP contribution in [-0.4, -0.2) is 65.5 Å². The maximum atomic E-state index is 12.9. The lowest BCUT2D eigenvalue weighted by Gasteiger charge is -2.27. The fourth-order valence-corrected chi connectivity index (χ4v) is 4.51. The Morgan fingerprint density at radius 2 is 1.69 bits per heavy atom. The number of rotatable bonds is 7. The average molecular weight is 457 g/mol. The van der Waals surface area contributed by atoms with Crippen molar-refractivity contribution >= 4 is 23.6 Å². The molecule has 0 aliphatic carbocycles. The number of nitrogens with one attached hydrogen (secondary N) is 1. The molecule has 1 aliphatic rings. The van der Waals surface area contributed by atoms with Crippen LogP contribution in [0.25, 0.3) is 0 Å². The molecule has 32 heavy (non-hydrogen) atoms. The smallest absolute Gasteiger partial charge is 0.255 e. The van der Waals surface area contributed by atoms with Gasteiger partial charge in [-0.2, -0.15) is 0 Å². The number of aliphatic hydroxyl groups excluding tert-OH is 1. The van der Waals surface area contributed by atoms with Gasteiger partial charge in [0, 0.05) is 34.8 Å². The molecule has 1 saturated heterocycles. The molecule has 0 aromatic heterocycles. The van der Waals surface area contributed by atoms with Crippen LogP contribution in [0.1, 0.15) is 47.1 Å². The van der Waals surface area contributed by atoms with Crippen LogP contribution in [0.15, 0.2) is 53.4 Å². The Morgan fingerprint density at radius 3 is 2.38 bits per heavy atom. The fraction of sp³-hybridized carbons (Fsp3) is 0.440. The molecule has 2 N–H and O–H groups in total. The van der Waals surface area contributed by atoms with Crippen molar-refractivity contribution in [1.82, 2.24) is 10.2 Å². The van der Waals surface area contributed by atoms with E-state index in [0.29, 0.717) is 49.6 Å². The van der Waals surface area contributed by atoms with Crippen LogP contribution in [0.2, 0.25) is 0 Å². The van der Waals surface area contributed by atoms with Gasteiger partial charge in [0.25, 0.3) is 11.8 Å². The molecule has 1 atom stereocenters.